The third-order valence-corrected chi connectivity index (χ3v) is 4.62. The molecule has 0 atom stereocenters. The van der Waals surface area contributed by atoms with Gasteiger partial charge in [0.25, 0.3) is 10.0 Å². The van der Waals surface area contributed by atoms with E-state index in [0.717, 1.165) is 0 Å². The van der Waals surface area contributed by atoms with Gasteiger partial charge in [0.2, 0.25) is 0 Å². The molecule has 2 rings (SSSR count). The van der Waals surface area contributed by atoms with Crippen LogP contribution in [-0.2, 0) is 16.6 Å². The normalized spacial score (nSPS) is 11.6. The van der Waals surface area contributed by atoms with Crippen molar-refractivity contribution >= 4 is 39.0 Å². The molecule has 0 aromatic carbocycles. The summed E-state index contributed by atoms with van der Waals surface area (Å²) in [5.41, 5.74) is 0.484. The third kappa shape index (κ3) is 2.89. The first-order valence-electron chi connectivity index (χ1n) is 5.72. The Morgan fingerprint density at radius 3 is 2.70 bits per heavy atom. The van der Waals surface area contributed by atoms with Gasteiger partial charge in [-0.3, -0.25) is 9.40 Å². The molecule has 2 aromatic rings. The van der Waals surface area contributed by atoms with Crippen LogP contribution < -0.4 is 4.72 Å². The molecule has 1 N–H and O–H groups in total. The molecule has 0 aliphatic rings. The Labute approximate surface area is 126 Å². The molecule has 0 aliphatic carbocycles. The molecule has 0 aliphatic heterocycles. The van der Waals surface area contributed by atoms with E-state index in [0.29, 0.717) is 17.3 Å². The maximum absolute atomic E-state index is 12.3. The van der Waals surface area contributed by atoms with E-state index in [-0.39, 0.29) is 15.9 Å². The molecule has 108 valence electrons. The number of hydrogen-bond donors (Lipinski definition) is 1. The molecule has 2 aromatic heterocycles. The van der Waals surface area contributed by atoms with Gasteiger partial charge in [-0.25, -0.2) is 4.98 Å². The van der Waals surface area contributed by atoms with Gasteiger partial charge in [-0.05, 0) is 26.0 Å². The first-order valence-corrected chi connectivity index (χ1v) is 7.96. The number of aromatic nitrogens is 3. The molecule has 0 saturated heterocycles. The first kappa shape index (κ1) is 15.1. The number of hydrogen-bond acceptors (Lipinski definition) is 4. The zero-order valence-electron chi connectivity index (χ0n) is 10.8. The lowest BCUT2D eigenvalue weighted by atomic mass is 10.4. The van der Waals surface area contributed by atoms with Crippen molar-refractivity contribution in [2.24, 2.45) is 0 Å². The van der Waals surface area contributed by atoms with Crippen LogP contribution in [0.4, 0.5) is 5.82 Å². The molecule has 0 unspecified atom stereocenters. The van der Waals surface area contributed by atoms with E-state index in [1.807, 2.05) is 0 Å². The third-order valence-electron chi connectivity index (χ3n) is 2.59. The Kier molecular flexibility index (Phi) is 4.22. The molecule has 0 spiro atoms. The standard InChI is InChI=1S/C11H12Cl2N4O2S/c1-3-17-10(4-5-14-17)20(18,19)16-11-9(13)6-8(12)7(2)15-11/h4-6H,3H2,1-2H3,(H,15,16). The molecular weight excluding hydrogens is 323 g/mol. The van der Waals surface area contributed by atoms with Crippen molar-refractivity contribution in [2.75, 3.05) is 4.72 Å². The molecule has 2 heterocycles. The average molecular weight is 335 g/mol. The Hall–Kier alpha value is -1.31. The largest absolute Gasteiger partial charge is 0.280 e. The van der Waals surface area contributed by atoms with E-state index in [9.17, 15) is 8.42 Å². The highest BCUT2D eigenvalue weighted by atomic mass is 35.5. The fourth-order valence-corrected chi connectivity index (χ4v) is 3.27. The smallest absolute Gasteiger partial charge is 0.261 e. The SMILES string of the molecule is CCn1nccc1S(=O)(=O)Nc1nc(C)c(Cl)cc1Cl. The van der Waals surface area contributed by atoms with Gasteiger partial charge >= 0.3 is 0 Å². The van der Waals surface area contributed by atoms with Crippen molar-refractivity contribution in [1.29, 1.82) is 0 Å². The Morgan fingerprint density at radius 1 is 1.35 bits per heavy atom. The van der Waals surface area contributed by atoms with Gasteiger partial charge in [-0.1, -0.05) is 23.2 Å². The van der Waals surface area contributed by atoms with E-state index in [4.69, 9.17) is 23.2 Å². The predicted molar refractivity (Wildman–Crippen MR) is 77.7 cm³/mol. The molecular formula is C11H12Cl2N4O2S. The summed E-state index contributed by atoms with van der Waals surface area (Å²) in [4.78, 5) is 4.04. The summed E-state index contributed by atoms with van der Waals surface area (Å²) in [6.45, 7) is 3.89. The molecule has 9 heteroatoms. The quantitative estimate of drug-likeness (QED) is 0.932. The summed E-state index contributed by atoms with van der Waals surface area (Å²) < 4.78 is 28.3. The number of halogens is 2. The summed E-state index contributed by atoms with van der Waals surface area (Å²) in [5.74, 6) is 0.0393. The van der Waals surface area contributed by atoms with Gasteiger partial charge in [-0.15, -0.1) is 0 Å². The van der Waals surface area contributed by atoms with Crippen LogP contribution in [0.25, 0.3) is 0 Å². The van der Waals surface area contributed by atoms with Gasteiger partial charge in [0.15, 0.2) is 10.8 Å². The predicted octanol–water partition coefficient (Wildman–Crippen LogP) is 2.71. The number of aryl methyl sites for hydroxylation is 2. The molecule has 20 heavy (non-hydrogen) atoms. The topological polar surface area (TPSA) is 76.9 Å². The zero-order chi connectivity index (χ0) is 14.9. The number of rotatable bonds is 4. The van der Waals surface area contributed by atoms with Gasteiger partial charge in [0.05, 0.1) is 21.9 Å². The lowest BCUT2D eigenvalue weighted by molar-refractivity contribution is 0.558. The fraction of sp³-hybridized carbons (Fsp3) is 0.273. The van der Waals surface area contributed by atoms with E-state index in [2.05, 4.69) is 14.8 Å². The van der Waals surface area contributed by atoms with Crippen LogP contribution in [-0.4, -0.2) is 23.2 Å². The summed E-state index contributed by atoms with van der Waals surface area (Å²) in [6, 6.07) is 2.85. The lowest BCUT2D eigenvalue weighted by Gasteiger charge is -2.11. The van der Waals surface area contributed by atoms with Crippen molar-refractivity contribution in [3.63, 3.8) is 0 Å². The minimum Gasteiger partial charge on any atom is -0.261 e. The van der Waals surface area contributed by atoms with Crippen LogP contribution in [0.15, 0.2) is 23.4 Å². The maximum Gasteiger partial charge on any atom is 0.280 e. The van der Waals surface area contributed by atoms with Crippen LogP contribution in [0.2, 0.25) is 10.0 Å². The van der Waals surface area contributed by atoms with Crippen LogP contribution in [0, 0.1) is 6.92 Å². The Balaban J connectivity index is 2.41. The summed E-state index contributed by atoms with van der Waals surface area (Å²) in [6.07, 6.45) is 1.42. The molecule has 0 fully saturated rings. The monoisotopic (exact) mass is 334 g/mol. The van der Waals surface area contributed by atoms with Gasteiger partial charge in [-0.2, -0.15) is 13.5 Å². The summed E-state index contributed by atoms with van der Waals surface area (Å²) >= 11 is 11.8. The highest BCUT2D eigenvalue weighted by Crippen LogP contribution is 2.27. The van der Waals surface area contributed by atoms with Crippen molar-refractivity contribution < 1.29 is 8.42 Å². The van der Waals surface area contributed by atoms with Crippen molar-refractivity contribution in [2.45, 2.75) is 25.4 Å². The van der Waals surface area contributed by atoms with Crippen molar-refractivity contribution in [3.8, 4) is 0 Å². The van der Waals surface area contributed by atoms with Crippen LogP contribution in [0.3, 0.4) is 0 Å². The van der Waals surface area contributed by atoms with Crippen molar-refractivity contribution in [1.82, 2.24) is 14.8 Å². The second-order valence-corrected chi connectivity index (χ2v) is 6.42. The first-order chi connectivity index (χ1) is 9.35. The number of sulfonamides is 1. The molecule has 6 nitrogen and oxygen atoms in total. The zero-order valence-corrected chi connectivity index (χ0v) is 13.1. The highest BCUT2D eigenvalue weighted by Gasteiger charge is 2.21. The van der Waals surface area contributed by atoms with Crippen molar-refractivity contribution in [3.05, 3.63) is 34.1 Å². The average Bonchev–Trinajstić information content (AvgIpc) is 2.84. The highest BCUT2D eigenvalue weighted by molar-refractivity contribution is 7.92. The lowest BCUT2D eigenvalue weighted by Crippen LogP contribution is -2.18. The van der Waals surface area contributed by atoms with Gasteiger partial charge < -0.3 is 0 Å². The summed E-state index contributed by atoms with van der Waals surface area (Å²) in [5, 5.41) is 4.47. The second-order valence-electron chi connectivity index (χ2n) is 3.98. The number of nitrogens with one attached hydrogen (secondary N) is 1. The van der Waals surface area contributed by atoms with Crippen LogP contribution in [0.1, 0.15) is 12.6 Å². The van der Waals surface area contributed by atoms with E-state index >= 15 is 0 Å². The molecule has 0 saturated carbocycles. The minimum absolute atomic E-state index is 0.0393. The number of anilines is 1. The van der Waals surface area contributed by atoms with E-state index in [1.165, 1.54) is 23.0 Å². The molecule has 0 bridgehead atoms. The van der Waals surface area contributed by atoms with E-state index < -0.39 is 10.0 Å². The van der Waals surface area contributed by atoms with Crippen LogP contribution in [0.5, 0.6) is 0 Å². The summed E-state index contributed by atoms with van der Waals surface area (Å²) in [7, 11) is -3.80. The second kappa shape index (κ2) is 5.59. The number of nitrogens with zero attached hydrogens (tertiary/aromatic N) is 3. The minimum atomic E-state index is -3.80. The Bertz CT molecular complexity index is 743. The maximum atomic E-state index is 12.3. The molecule has 0 radical (unpaired) electrons. The Morgan fingerprint density at radius 2 is 2.05 bits per heavy atom. The van der Waals surface area contributed by atoms with Gasteiger partial charge in [0.1, 0.15) is 0 Å². The van der Waals surface area contributed by atoms with Gasteiger partial charge in [0, 0.05) is 6.54 Å². The van der Waals surface area contributed by atoms with E-state index in [1.54, 1.807) is 13.8 Å². The molecule has 0 amide bonds. The number of pyridine rings is 1. The van der Waals surface area contributed by atoms with Crippen LogP contribution >= 0.6 is 23.2 Å². The fourth-order valence-electron chi connectivity index (χ4n) is 1.60.